The fraction of sp³-hybridized carbons (Fsp3) is 0.273. The molecule has 0 aliphatic heterocycles. The standard InChI is InChI=1S/C11H13N/c1-8-10(6-7-11(8)12)9-4-2-3-5-9/h2-4,7H,5-6,12H2,1H3. The minimum Gasteiger partial charge on any atom is -0.399 e. The molecule has 0 amide bonds. The van der Waals surface area contributed by atoms with Crippen molar-refractivity contribution in [1.82, 2.24) is 0 Å². The molecule has 0 aromatic rings. The summed E-state index contributed by atoms with van der Waals surface area (Å²) in [6.45, 7) is 2.10. The van der Waals surface area contributed by atoms with E-state index in [0.29, 0.717) is 0 Å². The van der Waals surface area contributed by atoms with E-state index in [-0.39, 0.29) is 0 Å². The first-order valence-corrected chi connectivity index (χ1v) is 4.31. The Morgan fingerprint density at radius 1 is 1.33 bits per heavy atom. The molecule has 0 radical (unpaired) electrons. The van der Waals surface area contributed by atoms with Crippen molar-refractivity contribution in [2.24, 2.45) is 5.73 Å². The van der Waals surface area contributed by atoms with Crippen molar-refractivity contribution in [3.05, 3.63) is 46.7 Å². The van der Waals surface area contributed by atoms with E-state index in [1.165, 1.54) is 16.7 Å². The van der Waals surface area contributed by atoms with Crippen molar-refractivity contribution in [1.29, 1.82) is 0 Å². The zero-order valence-corrected chi connectivity index (χ0v) is 7.30. The van der Waals surface area contributed by atoms with E-state index in [9.17, 15) is 0 Å². The molecule has 0 aromatic heterocycles. The van der Waals surface area contributed by atoms with Gasteiger partial charge < -0.3 is 5.73 Å². The van der Waals surface area contributed by atoms with Crippen LogP contribution in [0.25, 0.3) is 0 Å². The number of hydrogen-bond acceptors (Lipinski definition) is 1. The van der Waals surface area contributed by atoms with Gasteiger partial charge in [0, 0.05) is 5.70 Å². The van der Waals surface area contributed by atoms with Crippen LogP contribution in [0.1, 0.15) is 19.8 Å². The average Bonchev–Trinajstić information content (AvgIpc) is 2.64. The van der Waals surface area contributed by atoms with Crippen LogP contribution in [0, 0.1) is 0 Å². The Balaban J connectivity index is 2.28. The zero-order valence-electron chi connectivity index (χ0n) is 7.30. The first-order chi connectivity index (χ1) is 5.79. The molecule has 0 atom stereocenters. The third-order valence-corrected chi connectivity index (χ3v) is 2.57. The fourth-order valence-corrected chi connectivity index (χ4v) is 1.74. The van der Waals surface area contributed by atoms with Crippen LogP contribution in [0.2, 0.25) is 0 Å². The number of allylic oxidation sites excluding steroid dienone is 7. The minimum atomic E-state index is 0.956. The lowest BCUT2D eigenvalue weighted by Crippen LogP contribution is -1.96. The van der Waals surface area contributed by atoms with Crippen molar-refractivity contribution in [3.63, 3.8) is 0 Å². The summed E-state index contributed by atoms with van der Waals surface area (Å²) in [5.41, 5.74) is 10.9. The summed E-state index contributed by atoms with van der Waals surface area (Å²) in [4.78, 5) is 0. The van der Waals surface area contributed by atoms with Gasteiger partial charge >= 0.3 is 0 Å². The van der Waals surface area contributed by atoms with Gasteiger partial charge in [-0.15, -0.1) is 0 Å². The maximum Gasteiger partial charge on any atom is 0.0309 e. The second kappa shape index (κ2) is 2.67. The molecule has 0 saturated heterocycles. The molecule has 62 valence electrons. The summed E-state index contributed by atoms with van der Waals surface area (Å²) in [7, 11) is 0. The van der Waals surface area contributed by atoms with E-state index < -0.39 is 0 Å². The van der Waals surface area contributed by atoms with Crippen LogP contribution in [0.3, 0.4) is 0 Å². The van der Waals surface area contributed by atoms with Gasteiger partial charge in [0.1, 0.15) is 0 Å². The summed E-state index contributed by atoms with van der Waals surface area (Å²) in [5, 5.41) is 0. The molecular formula is C11H13N. The maximum atomic E-state index is 5.79. The SMILES string of the molecule is CC1=C(C2=CC=CC2)CC=C1N. The summed E-state index contributed by atoms with van der Waals surface area (Å²) >= 11 is 0. The van der Waals surface area contributed by atoms with Gasteiger partial charge in [-0.3, -0.25) is 0 Å². The molecule has 0 spiro atoms. The highest BCUT2D eigenvalue weighted by Gasteiger charge is 2.14. The smallest absolute Gasteiger partial charge is 0.0309 e. The second-order valence-corrected chi connectivity index (χ2v) is 3.29. The largest absolute Gasteiger partial charge is 0.399 e. The molecule has 2 rings (SSSR count). The Morgan fingerprint density at radius 3 is 2.67 bits per heavy atom. The van der Waals surface area contributed by atoms with Gasteiger partial charge in [0.25, 0.3) is 0 Å². The highest BCUT2D eigenvalue weighted by Crippen LogP contribution is 2.31. The molecule has 1 nitrogen and oxygen atoms in total. The van der Waals surface area contributed by atoms with Crippen molar-refractivity contribution >= 4 is 0 Å². The van der Waals surface area contributed by atoms with E-state index in [2.05, 4.69) is 31.2 Å². The van der Waals surface area contributed by atoms with Gasteiger partial charge in [-0.25, -0.2) is 0 Å². The van der Waals surface area contributed by atoms with Crippen molar-refractivity contribution < 1.29 is 0 Å². The van der Waals surface area contributed by atoms with Gasteiger partial charge in [0.05, 0.1) is 0 Å². The Hall–Kier alpha value is -1.24. The molecule has 0 bridgehead atoms. The third kappa shape index (κ3) is 1.02. The fourth-order valence-electron chi connectivity index (χ4n) is 1.74. The summed E-state index contributed by atoms with van der Waals surface area (Å²) in [6, 6.07) is 0. The summed E-state index contributed by atoms with van der Waals surface area (Å²) in [6.07, 6.45) is 10.7. The van der Waals surface area contributed by atoms with Gasteiger partial charge in [0.15, 0.2) is 0 Å². The van der Waals surface area contributed by atoms with E-state index in [1.807, 2.05) is 0 Å². The Labute approximate surface area is 73.0 Å². The predicted octanol–water partition coefficient (Wildman–Crippen LogP) is 2.44. The van der Waals surface area contributed by atoms with Crippen LogP contribution in [0.15, 0.2) is 46.7 Å². The van der Waals surface area contributed by atoms with Crippen LogP contribution in [-0.2, 0) is 0 Å². The molecule has 2 N–H and O–H groups in total. The highest BCUT2D eigenvalue weighted by molar-refractivity contribution is 5.51. The molecular weight excluding hydrogens is 146 g/mol. The molecule has 0 heterocycles. The van der Waals surface area contributed by atoms with Gasteiger partial charge in [0.2, 0.25) is 0 Å². The molecule has 0 aromatic carbocycles. The van der Waals surface area contributed by atoms with Crippen LogP contribution in [-0.4, -0.2) is 0 Å². The molecule has 0 unspecified atom stereocenters. The monoisotopic (exact) mass is 159 g/mol. The zero-order chi connectivity index (χ0) is 8.55. The topological polar surface area (TPSA) is 26.0 Å². The average molecular weight is 159 g/mol. The third-order valence-electron chi connectivity index (χ3n) is 2.57. The molecule has 1 heteroatoms. The first kappa shape index (κ1) is 7.41. The maximum absolute atomic E-state index is 5.79. The lowest BCUT2D eigenvalue weighted by Gasteiger charge is -2.05. The number of rotatable bonds is 1. The quantitative estimate of drug-likeness (QED) is 0.624. The highest BCUT2D eigenvalue weighted by atomic mass is 14.6. The second-order valence-electron chi connectivity index (χ2n) is 3.29. The lowest BCUT2D eigenvalue weighted by atomic mass is 10.0. The number of hydrogen-bond donors (Lipinski definition) is 1. The van der Waals surface area contributed by atoms with E-state index in [4.69, 9.17) is 5.73 Å². The van der Waals surface area contributed by atoms with Crippen LogP contribution in [0.4, 0.5) is 0 Å². The van der Waals surface area contributed by atoms with Crippen molar-refractivity contribution in [3.8, 4) is 0 Å². The van der Waals surface area contributed by atoms with Crippen molar-refractivity contribution in [2.45, 2.75) is 19.8 Å². The van der Waals surface area contributed by atoms with Crippen LogP contribution >= 0.6 is 0 Å². The van der Waals surface area contributed by atoms with E-state index >= 15 is 0 Å². The predicted molar refractivity (Wildman–Crippen MR) is 51.4 cm³/mol. The van der Waals surface area contributed by atoms with Gasteiger partial charge in [-0.05, 0) is 36.5 Å². The van der Waals surface area contributed by atoms with Gasteiger partial charge in [-0.1, -0.05) is 24.3 Å². The molecule has 12 heavy (non-hydrogen) atoms. The summed E-state index contributed by atoms with van der Waals surface area (Å²) < 4.78 is 0. The Morgan fingerprint density at radius 2 is 2.17 bits per heavy atom. The molecule has 0 saturated carbocycles. The summed E-state index contributed by atoms with van der Waals surface area (Å²) in [5.74, 6) is 0. The Kier molecular flexibility index (Phi) is 1.65. The normalized spacial score (nSPS) is 21.8. The molecule has 2 aliphatic rings. The van der Waals surface area contributed by atoms with Crippen LogP contribution in [0.5, 0.6) is 0 Å². The molecule has 2 aliphatic carbocycles. The Bertz CT molecular complexity index is 327. The van der Waals surface area contributed by atoms with Gasteiger partial charge in [-0.2, -0.15) is 0 Å². The van der Waals surface area contributed by atoms with Crippen molar-refractivity contribution in [2.75, 3.05) is 0 Å². The lowest BCUT2D eigenvalue weighted by molar-refractivity contribution is 1.16. The molecule has 0 fully saturated rings. The van der Waals surface area contributed by atoms with E-state index in [0.717, 1.165) is 18.5 Å². The van der Waals surface area contributed by atoms with E-state index in [1.54, 1.807) is 0 Å². The minimum absolute atomic E-state index is 0.956. The van der Waals surface area contributed by atoms with Crippen LogP contribution < -0.4 is 5.73 Å². The number of nitrogens with two attached hydrogens (primary N) is 1. The first-order valence-electron chi connectivity index (χ1n) is 4.31.